The summed E-state index contributed by atoms with van der Waals surface area (Å²) >= 11 is 6.32. The number of rotatable bonds is 17. The molecule has 3 aromatic rings. The van der Waals surface area contributed by atoms with Crippen LogP contribution in [0.4, 0.5) is 0 Å². The normalized spacial score (nSPS) is 11.6. The van der Waals surface area contributed by atoms with Crippen LogP contribution in [0.2, 0.25) is 5.02 Å². The van der Waals surface area contributed by atoms with Crippen molar-refractivity contribution in [2.75, 3.05) is 6.61 Å². The van der Waals surface area contributed by atoms with Crippen molar-refractivity contribution in [3.05, 3.63) is 82.9 Å². The lowest BCUT2D eigenvalue weighted by molar-refractivity contribution is 0.0320. The van der Waals surface area contributed by atoms with Gasteiger partial charge < -0.3 is 14.2 Å². The second-order valence-corrected chi connectivity index (χ2v) is 10.9. The summed E-state index contributed by atoms with van der Waals surface area (Å²) in [5.41, 5.74) is 2.68. The topological polar surface area (TPSA) is 61.8 Å². The number of hydrogen-bond donors (Lipinski definition) is 0. The molecule has 0 saturated heterocycles. The molecule has 0 N–H and O–H groups in total. The van der Waals surface area contributed by atoms with Gasteiger partial charge in [-0.1, -0.05) is 94.7 Å². The number of carbonyl (C=O) groups is 2. The maximum Gasteiger partial charge on any atom is 0.343 e. The van der Waals surface area contributed by atoms with E-state index >= 15 is 0 Å². The van der Waals surface area contributed by atoms with Gasteiger partial charge in [-0.15, -0.1) is 0 Å². The van der Waals surface area contributed by atoms with E-state index in [0.29, 0.717) is 5.56 Å². The fourth-order valence-corrected chi connectivity index (χ4v) is 4.74. The molecule has 6 heteroatoms. The van der Waals surface area contributed by atoms with Gasteiger partial charge in [0.15, 0.2) is 0 Å². The zero-order chi connectivity index (χ0) is 29.5. The highest BCUT2D eigenvalue weighted by Gasteiger charge is 2.17. The van der Waals surface area contributed by atoms with Gasteiger partial charge in [0.1, 0.15) is 11.5 Å². The van der Waals surface area contributed by atoms with E-state index < -0.39 is 11.9 Å². The lowest BCUT2D eigenvalue weighted by atomic mass is 10.0. The molecule has 0 heterocycles. The predicted octanol–water partition coefficient (Wildman–Crippen LogP) is 10.1. The standard InChI is InChI=1S/C35H43ClO5/c1-4-6-8-9-10-12-24-39-30-20-18-28(19-21-30)27-14-16-29(17-15-27)34(37)41-31-22-23-32(33(36)25-31)35(38)40-26(3)13-11-7-5-2/h14-23,25-26H,4-13,24H2,1-3H3/t26-/m0/s1. The molecule has 3 rings (SSSR count). The highest BCUT2D eigenvalue weighted by molar-refractivity contribution is 6.33. The van der Waals surface area contributed by atoms with Gasteiger partial charge in [0.25, 0.3) is 0 Å². The van der Waals surface area contributed by atoms with Crippen LogP contribution in [0.25, 0.3) is 11.1 Å². The molecule has 0 aliphatic heterocycles. The van der Waals surface area contributed by atoms with E-state index in [0.717, 1.165) is 55.6 Å². The Morgan fingerprint density at radius 2 is 1.29 bits per heavy atom. The van der Waals surface area contributed by atoms with E-state index in [2.05, 4.69) is 13.8 Å². The second kappa shape index (κ2) is 17.5. The lowest BCUT2D eigenvalue weighted by Gasteiger charge is -2.14. The summed E-state index contributed by atoms with van der Waals surface area (Å²) in [6, 6.07) is 19.8. The van der Waals surface area contributed by atoms with Crippen molar-refractivity contribution >= 4 is 23.5 Å². The summed E-state index contributed by atoms with van der Waals surface area (Å²) in [6.07, 6.45) is 11.3. The van der Waals surface area contributed by atoms with Gasteiger partial charge in [-0.05, 0) is 73.7 Å². The number of unbranched alkanes of at least 4 members (excludes halogenated alkanes) is 7. The van der Waals surface area contributed by atoms with Gasteiger partial charge in [-0.25, -0.2) is 9.59 Å². The van der Waals surface area contributed by atoms with Gasteiger partial charge in [-0.2, -0.15) is 0 Å². The molecule has 0 bridgehead atoms. The molecule has 220 valence electrons. The molecule has 0 aliphatic rings. The van der Waals surface area contributed by atoms with Crippen molar-refractivity contribution in [1.82, 2.24) is 0 Å². The summed E-state index contributed by atoms with van der Waals surface area (Å²) in [5.74, 6) is 0.130. The minimum Gasteiger partial charge on any atom is -0.494 e. The Hall–Kier alpha value is -3.31. The largest absolute Gasteiger partial charge is 0.494 e. The Bertz CT molecular complexity index is 1220. The molecule has 3 aromatic carbocycles. The molecule has 1 atom stereocenters. The molecule has 0 fully saturated rings. The van der Waals surface area contributed by atoms with Crippen molar-refractivity contribution in [2.45, 2.75) is 91.1 Å². The summed E-state index contributed by atoms with van der Waals surface area (Å²) < 4.78 is 16.9. The summed E-state index contributed by atoms with van der Waals surface area (Å²) in [7, 11) is 0. The third-order valence-corrected chi connectivity index (χ3v) is 7.28. The van der Waals surface area contributed by atoms with Gasteiger partial charge >= 0.3 is 11.9 Å². The van der Waals surface area contributed by atoms with Gasteiger partial charge in [-0.3, -0.25) is 0 Å². The Labute approximate surface area is 250 Å². The van der Waals surface area contributed by atoms with Crippen molar-refractivity contribution in [3.8, 4) is 22.6 Å². The highest BCUT2D eigenvalue weighted by Crippen LogP contribution is 2.26. The van der Waals surface area contributed by atoms with Crippen LogP contribution < -0.4 is 9.47 Å². The average molecular weight is 579 g/mol. The molecular formula is C35H43ClO5. The van der Waals surface area contributed by atoms with E-state index in [1.807, 2.05) is 43.3 Å². The first-order chi connectivity index (χ1) is 19.9. The van der Waals surface area contributed by atoms with Crippen LogP contribution >= 0.6 is 11.6 Å². The van der Waals surface area contributed by atoms with Crippen molar-refractivity contribution < 1.29 is 23.8 Å². The Balaban J connectivity index is 1.49. The Morgan fingerprint density at radius 1 is 0.707 bits per heavy atom. The molecule has 0 saturated carbocycles. The maximum absolute atomic E-state index is 12.7. The van der Waals surface area contributed by atoms with Crippen LogP contribution in [0.5, 0.6) is 11.5 Å². The molecule has 0 aromatic heterocycles. The van der Waals surface area contributed by atoms with Crippen LogP contribution in [0.1, 0.15) is 106 Å². The molecule has 0 amide bonds. The monoisotopic (exact) mass is 578 g/mol. The first-order valence-electron chi connectivity index (χ1n) is 15.0. The molecule has 5 nitrogen and oxygen atoms in total. The number of benzene rings is 3. The fraction of sp³-hybridized carbons (Fsp3) is 0.429. The predicted molar refractivity (Wildman–Crippen MR) is 166 cm³/mol. The molecule has 0 radical (unpaired) electrons. The summed E-state index contributed by atoms with van der Waals surface area (Å²) in [4.78, 5) is 25.2. The van der Waals surface area contributed by atoms with Crippen molar-refractivity contribution in [1.29, 1.82) is 0 Å². The number of halogens is 1. The van der Waals surface area contributed by atoms with Crippen molar-refractivity contribution in [3.63, 3.8) is 0 Å². The molecule has 41 heavy (non-hydrogen) atoms. The second-order valence-electron chi connectivity index (χ2n) is 10.5. The van der Waals surface area contributed by atoms with E-state index in [1.54, 1.807) is 18.2 Å². The van der Waals surface area contributed by atoms with Crippen LogP contribution in [0.15, 0.2) is 66.7 Å². The van der Waals surface area contributed by atoms with Crippen molar-refractivity contribution in [2.24, 2.45) is 0 Å². The zero-order valence-corrected chi connectivity index (χ0v) is 25.4. The lowest BCUT2D eigenvalue weighted by Crippen LogP contribution is -2.15. The highest BCUT2D eigenvalue weighted by atomic mass is 35.5. The third kappa shape index (κ3) is 10.9. The minimum absolute atomic E-state index is 0.177. The summed E-state index contributed by atoms with van der Waals surface area (Å²) in [6.45, 7) is 6.97. The first kappa shape index (κ1) is 32.2. The first-order valence-corrected chi connectivity index (χ1v) is 15.3. The number of esters is 2. The molecule has 0 spiro atoms. The van der Waals surface area contributed by atoms with Crippen LogP contribution in [0.3, 0.4) is 0 Å². The van der Waals surface area contributed by atoms with E-state index in [1.165, 1.54) is 44.2 Å². The number of ether oxygens (including phenoxy) is 3. The zero-order valence-electron chi connectivity index (χ0n) is 24.6. The minimum atomic E-state index is -0.508. The van der Waals surface area contributed by atoms with Crippen LogP contribution in [-0.2, 0) is 4.74 Å². The van der Waals surface area contributed by atoms with E-state index in [-0.39, 0.29) is 22.4 Å². The van der Waals surface area contributed by atoms with Crippen LogP contribution in [0, 0.1) is 0 Å². The smallest absolute Gasteiger partial charge is 0.343 e. The SMILES string of the molecule is CCCCCCCCOc1ccc(-c2ccc(C(=O)Oc3ccc(C(=O)O[C@@H](C)CCCCC)c(Cl)c3)cc2)cc1. The number of hydrogen-bond acceptors (Lipinski definition) is 5. The summed E-state index contributed by atoms with van der Waals surface area (Å²) in [5, 5.41) is 0.177. The van der Waals surface area contributed by atoms with E-state index in [9.17, 15) is 9.59 Å². The average Bonchev–Trinajstić information content (AvgIpc) is 2.97. The van der Waals surface area contributed by atoms with Gasteiger partial charge in [0.05, 0.1) is 28.9 Å². The Morgan fingerprint density at radius 3 is 1.95 bits per heavy atom. The fourth-order valence-electron chi connectivity index (χ4n) is 4.49. The van der Waals surface area contributed by atoms with E-state index in [4.69, 9.17) is 25.8 Å². The van der Waals surface area contributed by atoms with Gasteiger partial charge in [0, 0.05) is 6.07 Å². The van der Waals surface area contributed by atoms with Gasteiger partial charge in [0.2, 0.25) is 0 Å². The molecule has 0 unspecified atom stereocenters. The molecule has 0 aliphatic carbocycles. The van der Waals surface area contributed by atoms with Crippen LogP contribution in [-0.4, -0.2) is 24.6 Å². The third-order valence-electron chi connectivity index (χ3n) is 6.97. The Kier molecular flexibility index (Phi) is 13.7. The quantitative estimate of drug-likeness (QED) is 0.0905. The molecular weight excluding hydrogens is 536 g/mol. The maximum atomic E-state index is 12.7. The number of carbonyl (C=O) groups excluding carboxylic acids is 2.